The van der Waals surface area contributed by atoms with Gasteiger partial charge in [-0.25, -0.2) is 4.79 Å². The molecule has 5 heterocycles. The van der Waals surface area contributed by atoms with Crippen LogP contribution in [0.4, 0.5) is 10.5 Å². The molecule has 1 N–H and O–H groups in total. The Hall–Kier alpha value is -3.47. The van der Waals surface area contributed by atoms with Crippen molar-refractivity contribution in [3.8, 4) is 0 Å². The fourth-order valence-electron chi connectivity index (χ4n) is 7.47. The number of likely N-dealkylation sites (tertiary alicyclic amines) is 2. The first-order valence-electron chi connectivity index (χ1n) is 16.3. The molecule has 0 radical (unpaired) electrons. The molecule has 0 spiro atoms. The summed E-state index contributed by atoms with van der Waals surface area (Å²) in [6.45, 7) is 12.5. The van der Waals surface area contributed by atoms with Gasteiger partial charge in [-0.1, -0.05) is 0 Å². The van der Waals surface area contributed by atoms with Gasteiger partial charge in [-0.05, 0) is 108 Å². The summed E-state index contributed by atoms with van der Waals surface area (Å²) in [6, 6.07) is 4.45. The molecule has 5 amide bonds. The molecule has 11 heteroatoms. The number of benzene rings is 1. The number of piperidine rings is 3. The number of hydrogen-bond acceptors (Lipinski definition) is 8. The third-order valence-electron chi connectivity index (χ3n) is 9.90. The van der Waals surface area contributed by atoms with E-state index in [1.807, 2.05) is 31.7 Å². The van der Waals surface area contributed by atoms with E-state index in [4.69, 9.17) is 4.74 Å². The second kappa shape index (κ2) is 12.1. The highest BCUT2D eigenvalue weighted by Gasteiger charge is 2.45. The lowest BCUT2D eigenvalue weighted by Crippen LogP contribution is -2.54. The van der Waals surface area contributed by atoms with E-state index in [2.05, 4.69) is 15.1 Å². The van der Waals surface area contributed by atoms with Crippen LogP contribution in [0.25, 0.3) is 0 Å². The Bertz CT molecular complexity index is 1320. The number of nitrogens with one attached hydrogen (secondary N) is 1. The molecule has 5 aliphatic heterocycles. The molecule has 6 rings (SSSR count). The van der Waals surface area contributed by atoms with Crippen LogP contribution in [0, 0.1) is 17.8 Å². The van der Waals surface area contributed by atoms with E-state index in [0.717, 1.165) is 75.2 Å². The summed E-state index contributed by atoms with van der Waals surface area (Å²) < 4.78 is 5.48. The minimum atomic E-state index is -0.947. The Morgan fingerprint density at radius 3 is 2.18 bits per heavy atom. The van der Waals surface area contributed by atoms with Gasteiger partial charge in [0.15, 0.2) is 0 Å². The third-order valence-corrected chi connectivity index (χ3v) is 9.90. The van der Waals surface area contributed by atoms with Crippen LogP contribution in [-0.4, -0.2) is 102 Å². The van der Waals surface area contributed by atoms with Crippen molar-refractivity contribution in [2.24, 2.45) is 17.8 Å². The first-order chi connectivity index (χ1) is 20.9. The smallest absolute Gasteiger partial charge is 0.410 e. The van der Waals surface area contributed by atoms with Gasteiger partial charge in [0.25, 0.3) is 11.8 Å². The van der Waals surface area contributed by atoms with Gasteiger partial charge in [0.1, 0.15) is 11.6 Å². The van der Waals surface area contributed by atoms with Crippen LogP contribution in [0.2, 0.25) is 0 Å². The molecule has 44 heavy (non-hydrogen) atoms. The van der Waals surface area contributed by atoms with Gasteiger partial charge in [0.05, 0.1) is 11.1 Å². The Morgan fingerprint density at radius 2 is 1.52 bits per heavy atom. The largest absolute Gasteiger partial charge is 0.444 e. The summed E-state index contributed by atoms with van der Waals surface area (Å²) in [5.74, 6) is 0.0679. The average Bonchev–Trinajstić information content (AvgIpc) is 3.19. The van der Waals surface area contributed by atoms with Crippen molar-refractivity contribution in [1.82, 2.24) is 20.0 Å². The summed E-state index contributed by atoms with van der Waals surface area (Å²) in [5, 5.41) is 2.24. The van der Waals surface area contributed by atoms with Crippen LogP contribution in [0.5, 0.6) is 0 Å². The van der Waals surface area contributed by atoms with Crippen molar-refractivity contribution < 1.29 is 28.7 Å². The molecule has 1 aromatic carbocycles. The van der Waals surface area contributed by atoms with E-state index in [-0.39, 0.29) is 24.8 Å². The van der Waals surface area contributed by atoms with Crippen molar-refractivity contribution >= 4 is 35.4 Å². The van der Waals surface area contributed by atoms with Crippen molar-refractivity contribution in [3.63, 3.8) is 0 Å². The lowest BCUT2D eigenvalue weighted by molar-refractivity contribution is -0.136. The number of nitrogens with zero attached hydrogens (tertiary/aromatic N) is 4. The molecule has 0 aliphatic carbocycles. The topological polar surface area (TPSA) is 120 Å². The van der Waals surface area contributed by atoms with E-state index in [0.29, 0.717) is 23.0 Å². The van der Waals surface area contributed by atoms with Crippen LogP contribution < -0.4 is 10.2 Å². The van der Waals surface area contributed by atoms with Crippen molar-refractivity contribution in [3.05, 3.63) is 29.3 Å². The Labute approximate surface area is 259 Å². The van der Waals surface area contributed by atoms with Crippen molar-refractivity contribution in [2.75, 3.05) is 50.7 Å². The predicted octanol–water partition coefficient (Wildman–Crippen LogP) is 3.27. The fraction of sp³-hybridized carbons (Fsp3) is 0.667. The molecule has 5 aliphatic rings. The molecule has 4 fully saturated rings. The Kier molecular flexibility index (Phi) is 8.43. The van der Waals surface area contributed by atoms with Gasteiger partial charge in [0, 0.05) is 44.8 Å². The highest BCUT2D eigenvalue weighted by Crippen LogP contribution is 2.34. The highest BCUT2D eigenvalue weighted by atomic mass is 16.6. The van der Waals surface area contributed by atoms with E-state index >= 15 is 0 Å². The minimum absolute atomic E-state index is 0.110. The van der Waals surface area contributed by atoms with Crippen LogP contribution in [0.15, 0.2) is 18.2 Å². The summed E-state index contributed by atoms with van der Waals surface area (Å²) >= 11 is 0. The molecule has 11 nitrogen and oxygen atoms in total. The third kappa shape index (κ3) is 6.48. The number of ether oxygens (including phenoxy) is 1. The molecule has 0 bridgehead atoms. The maximum atomic E-state index is 13.2. The lowest BCUT2D eigenvalue weighted by Gasteiger charge is -2.43. The van der Waals surface area contributed by atoms with Crippen LogP contribution in [0.1, 0.15) is 86.4 Å². The van der Waals surface area contributed by atoms with E-state index in [1.54, 1.807) is 12.1 Å². The molecular formula is C33H45N5O6. The number of imide groups is 2. The number of anilines is 1. The van der Waals surface area contributed by atoms with Gasteiger partial charge in [-0.3, -0.25) is 29.4 Å². The van der Waals surface area contributed by atoms with E-state index in [9.17, 15) is 24.0 Å². The summed E-state index contributed by atoms with van der Waals surface area (Å²) in [5.41, 5.74) is 1.13. The number of amides is 5. The minimum Gasteiger partial charge on any atom is -0.444 e. The lowest BCUT2D eigenvalue weighted by atomic mass is 9.83. The molecule has 4 saturated heterocycles. The molecule has 1 aromatic rings. The standard InChI is InChI=1S/C33H45N5O6/c1-33(2,3)44-32(43)37-19-23(20-37)16-21-8-12-35(13-9-21)18-22-10-14-36(15-11-22)24-4-5-25-26(17-24)31(42)38(30(25)41)27-6-7-28(39)34-29(27)40/h4-5,17,21-23,27H,6-16,18-20H2,1-3H3,(H,34,39,40). The molecular weight excluding hydrogens is 562 g/mol. The fourth-order valence-corrected chi connectivity index (χ4v) is 7.47. The van der Waals surface area contributed by atoms with Crippen LogP contribution in [-0.2, 0) is 14.3 Å². The van der Waals surface area contributed by atoms with E-state index < -0.39 is 29.4 Å². The zero-order valence-corrected chi connectivity index (χ0v) is 26.2. The number of fused-ring (bicyclic) bond motifs is 1. The van der Waals surface area contributed by atoms with Crippen molar-refractivity contribution in [2.45, 2.75) is 77.4 Å². The molecule has 1 unspecified atom stereocenters. The monoisotopic (exact) mass is 607 g/mol. The first-order valence-corrected chi connectivity index (χ1v) is 16.3. The molecule has 238 valence electrons. The summed E-state index contributed by atoms with van der Waals surface area (Å²) in [7, 11) is 0. The summed E-state index contributed by atoms with van der Waals surface area (Å²) in [6.07, 6.45) is 5.88. The van der Waals surface area contributed by atoms with Crippen molar-refractivity contribution in [1.29, 1.82) is 0 Å². The van der Waals surface area contributed by atoms with Gasteiger partial charge < -0.3 is 19.4 Å². The second-order valence-electron chi connectivity index (χ2n) is 14.3. The zero-order valence-electron chi connectivity index (χ0n) is 26.2. The molecule has 1 atom stereocenters. The average molecular weight is 608 g/mol. The second-order valence-corrected chi connectivity index (χ2v) is 14.3. The van der Waals surface area contributed by atoms with Gasteiger partial charge >= 0.3 is 6.09 Å². The summed E-state index contributed by atoms with van der Waals surface area (Å²) in [4.78, 5) is 70.1. The predicted molar refractivity (Wildman–Crippen MR) is 163 cm³/mol. The highest BCUT2D eigenvalue weighted by molar-refractivity contribution is 6.23. The first kappa shape index (κ1) is 30.6. The number of carbonyl (C=O) groups is 5. The molecule has 0 saturated carbocycles. The maximum absolute atomic E-state index is 13.2. The maximum Gasteiger partial charge on any atom is 0.410 e. The molecule has 0 aromatic heterocycles. The number of carbonyl (C=O) groups excluding carboxylic acids is 5. The van der Waals surface area contributed by atoms with Crippen LogP contribution >= 0.6 is 0 Å². The van der Waals surface area contributed by atoms with Gasteiger partial charge in [-0.15, -0.1) is 0 Å². The van der Waals surface area contributed by atoms with Crippen LogP contribution in [0.3, 0.4) is 0 Å². The number of hydrogen-bond donors (Lipinski definition) is 1. The zero-order chi connectivity index (χ0) is 31.2. The van der Waals surface area contributed by atoms with Gasteiger partial charge in [0.2, 0.25) is 11.8 Å². The normalized spacial score (nSPS) is 24.4. The Balaban J connectivity index is 0.932. The SMILES string of the molecule is CC(C)(C)OC(=O)N1CC(CC2CCN(CC3CCN(c4ccc5c(c4)C(=O)N(C4CCC(=O)NC4=O)C5=O)CC3)CC2)C1. The Morgan fingerprint density at radius 1 is 0.864 bits per heavy atom. The number of rotatable bonds is 6. The van der Waals surface area contributed by atoms with E-state index in [1.165, 1.54) is 19.3 Å². The quantitative estimate of drug-likeness (QED) is 0.490. The van der Waals surface area contributed by atoms with Gasteiger partial charge in [-0.2, -0.15) is 0 Å².